The molecular formula is C24H24ClF2N3O4S2. The van der Waals surface area contributed by atoms with Crippen molar-refractivity contribution < 1.29 is 26.7 Å². The van der Waals surface area contributed by atoms with Crippen LogP contribution in [0.3, 0.4) is 0 Å². The number of aliphatic imine (C=N–C) groups is 1. The van der Waals surface area contributed by atoms with Crippen LogP contribution in [0.5, 0.6) is 0 Å². The SMILES string of the molecule is C=Cc1ccc(F)c(C(C)Nc2cc(F)c(N(C(=O)OC(C)(C)C)C3=C[S@](=S(=O)=O)C=N3)cc2Cl)c1. The van der Waals surface area contributed by atoms with E-state index in [0.29, 0.717) is 11.1 Å². The van der Waals surface area contributed by atoms with E-state index < -0.39 is 48.1 Å². The number of rotatable bonds is 6. The molecule has 1 N–H and O–H groups in total. The number of benzene rings is 2. The molecule has 0 aromatic heterocycles. The number of nitrogens with one attached hydrogen (secondary N) is 1. The van der Waals surface area contributed by atoms with Crippen molar-refractivity contribution in [3.05, 3.63) is 75.9 Å². The molecule has 2 aromatic rings. The van der Waals surface area contributed by atoms with E-state index >= 15 is 4.39 Å². The number of hydrogen-bond acceptors (Lipinski definition) is 6. The fourth-order valence-electron chi connectivity index (χ4n) is 3.23. The molecule has 1 aliphatic rings. The lowest BCUT2D eigenvalue weighted by Crippen LogP contribution is -2.36. The standard InChI is InChI=1S/C24H24ClF2N3O4S2/c1-6-15-7-8-18(26)16(9-15)14(2)29-20-11-19(27)21(10-17(20)25)30(23(31)34-24(3,4)5)22-12-35(13-28-22)36(32)33/h6-14,29H,1H2,2-5H3/t14?,35-/m0/s1. The molecular weight excluding hydrogens is 532 g/mol. The van der Waals surface area contributed by atoms with Crippen LogP contribution in [-0.4, -0.2) is 25.7 Å². The number of amides is 1. The lowest BCUT2D eigenvalue weighted by atomic mass is 10.0. The highest BCUT2D eigenvalue weighted by Crippen LogP contribution is 2.36. The van der Waals surface area contributed by atoms with Gasteiger partial charge in [-0.3, -0.25) is 0 Å². The first kappa shape index (κ1) is 27.6. The molecule has 0 saturated heterocycles. The van der Waals surface area contributed by atoms with Crippen LogP contribution in [-0.2, 0) is 23.5 Å². The van der Waals surface area contributed by atoms with Gasteiger partial charge < -0.3 is 10.1 Å². The van der Waals surface area contributed by atoms with E-state index in [0.717, 1.165) is 16.5 Å². The van der Waals surface area contributed by atoms with Gasteiger partial charge in [-0.05, 0) is 51.5 Å². The van der Waals surface area contributed by atoms with Crippen LogP contribution in [0.4, 0.5) is 25.0 Å². The quantitative estimate of drug-likeness (QED) is 0.444. The first-order valence-electron chi connectivity index (χ1n) is 10.6. The molecule has 0 fully saturated rings. The molecule has 7 nitrogen and oxygen atoms in total. The zero-order valence-corrected chi connectivity index (χ0v) is 22.3. The van der Waals surface area contributed by atoms with Crippen LogP contribution in [0.15, 0.2) is 53.1 Å². The van der Waals surface area contributed by atoms with Gasteiger partial charge in [0.1, 0.15) is 17.2 Å². The van der Waals surface area contributed by atoms with E-state index in [2.05, 4.69) is 16.9 Å². The number of nitrogens with zero attached hydrogens (tertiary/aromatic N) is 2. The lowest BCUT2D eigenvalue weighted by molar-refractivity contribution is 0.0591. The first-order valence-corrected chi connectivity index (χ1v) is 13.9. The lowest BCUT2D eigenvalue weighted by Gasteiger charge is -2.27. The summed E-state index contributed by atoms with van der Waals surface area (Å²) in [4.78, 5) is 17.8. The zero-order chi connectivity index (χ0) is 26.8. The molecule has 0 aliphatic carbocycles. The van der Waals surface area contributed by atoms with Gasteiger partial charge in [0, 0.05) is 26.5 Å². The van der Waals surface area contributed by atoms with Crippen molar-refractivity contribution in [1.29, 1.82) is 0 Å². The summed E-state index contributed by atoms with van der Waals surface area (Å²) < 4.78 is 57.9. The second kappa shape index (κ2) is 10.9. The maximum absolute atomic E-state index is 15.4. The van der Waals surface area contributed by atoms with Crippen LogP contribution in [0.1, 0.15) is 44.9 Å². The highest BCUT2D eigenvalue weighted by atomic mass is 35.5. The van der Waals surface area contributed by atoms with Crippen LogP contribution >= 0.6 is 11.6 Å². The van der Waals surface area contributed by atoms with E-state index in [1.54, 1.807) is 45.9 Å². The van der Waals surface area contributed by atoms with Gasteiger partial charge in [-0.15, -0.1) is 0 Å². The Morgan fingerprint density at radius 2 is 1.94 bits per heavy atom. The normalized spacial score (nSPS) is 15.8. The fourth-order valence-corrected chi connectivity index (χ4v) is 5.07. The Kier molecular flexibility index (Phi) is 8.37. The second-order valence-electron chi connectivity index (χ2n) is 8.69. The summed E-state index contributed by atoms with van der Waals surface area (Å²) in [7, 11) is -3.89. The molecule has 2 aromatic carbocycles. The van der Waals surface area contributed by atoms with E-state index in [1.807, 2.05) is 0 Å². The van der Waals surface area contributed by atoms with Crippen molar-refractivity contribution in [3.63, 3.8) is 0 Å². The minimum absolute atomic E-state index is 0.0288. The van der Waals surface area contributed by atoms with Crippen LogP contribution in [0, 0.1) is 11.6 Å². The third-order valence-electron chi connectivity index (χ3n) is 4.84. The number of carbonyl (C=O) groups excluding carboxylic acids is 1. The predicted molar refractivity (Wildman–Crippen MR) is 142 cm³/mol. The summed E-state index contributed by atoms with van der Waals surface area (Å²) in [5.74, 6) is -1.45. The number of halogens is 3. The number of anilines is 2. The molecule has 3 rings (SSSR count). The molecule has 12 heteroatoms. The molecule has 1 aliphatic heterocycles. The summed E-state index contributed by atoms with van der Waals surface area (Å²) in [5.41, 5.74) is 1.11. The Morgan fingerprint density at radius 1 is 1.25 bits per heavy atom. The monoisotopic (exact) mass is 555 g/mol. The largest absolute Gasteiger partial charge is 0.443 e. The van der Waals surface area contributed by atoms with Crippen molar-refractivity contribution in [1.82, 2.24) is 0 Å². The van der Waals surface area contributed by atoms with E-state index in [4.69, 9.17) is 16.3 Å². The molecule has 0 spiro atoms. The average molecular weight is 556 g/mol. The van der Waals surface area contributed by atoms with Gasteiger partial charge in [-0.1, -0.05) is 30.3 Å². The number of ether oxygens (including phenoxy) is 1. The molecule has 2 atom stereocenters. The Labute approximate surface area is 216 Å². The fraction of sp³-hybridized carbons (Fsp3) is 0.250. The van der Waals surface area contributed by atoms with Crippen molar-refractivity contribution in [2.24, 2.45) is 4.99 Å². The Bertz CT molecular complexity index is 1430. The predicted octanol–water partition coefficient (Wildman–Crippen LogP) is 6.43. The number of carbonyl (C=O) groups is 1. The second-order valence-corrected chi connectivity index (χ2v) is 12.6. The van der Waals surface area contributed by atoms with Gasteiger partial charge in [0.05, 0.1) is 28.0 Å². The minimum Gasteiger partial charge on any atom is -0.443 e. The van der Waals surface area contributed by atoms with Crippen molar-refractivity contribution in [2.75, 3.05) is 10.2 Å². The summed E-state index contributed by atoms with van der Waals surface area (Å²) in [6, 6.07) is 6.17. The highest BCUT2D eigenvalue weighted by molar-refractivity contribution is 8.42. The third kappa shape index (κ3) is 6.40. The first-order chi connectivity index (χ1) is 16.8. The van der Waals surface area contributed by atoms with Gasteiger partial charge in [-0.2, -0.15) is 8.42 Å². The van der Waals surface area contributed by atoms with Crippen molar-refractivity contribution in [3.8, 4) is 0 Å². The summed E-state index contributed by atoms with van der Waals surface area (Å²) >= 11 is 6.43. The summed E-state index contributed by atoms with van der Waals surface area (Å²) in [6.07, 6.45) is 0.608. The molecule has 1 amide bonds. The topological polar surface area (TPSA) is 88.1 Å². The van der Waals surface area contributed by atoms with E-state index in [9.17, 15) is 17.6 Å². The molecule has 36 heavy (non-hydrogen) atoms. The average Bonchev–Trinajstić information content (AvgIpc) is 3.26. The maximum atomic E-state index is 15.4. The van der Waals surface area contributed by atoms with Crippen molar-refractivity contribution >= 4 is 59.4 Å². The molecule has 0 radical (unpaired) electrons. The zero-order valence-electron chi connectivity index (χ0n) is 19.9. The highest BCUT2D eigenvalue weighted by Gasteiger charge is 2.31. The van der Waals surface area contributed by atoms with Crippen LogP contribution in [0.25, 0.3) is 6.08 Å². The Balaban J connectivity index is 2.02. The van der Waals surface area contributed by atoms with Crippen molar-refractivity contribution in [2.45, 2.75) is 39.3 Å². The maximum Gasteiger partial charge on any atom is 0.420 e. The Hall–Kier alpha value is -3.02. The number of hydrogen-bond donors (Lipinski definition) is 1. The summed E-state index contributed by atoms with van der Waals surface area (Å²) in [5, 5.41) is 4.22. The van der Waals surface area contributed by atoms with Gasteiger partial charge in [-0.25, -0.2) is 23.5 Å². The van der Waals surface area contributed by atoms with Gasteiger partial charge in [0.15, 0.2) is 5.82 Å². The van der Waals surface area contributed by atoms with Gasteiger partial charge >= 0.3 is 6.09 Å². The molecule has 192 valence electrons. The smallest absolute Gasteiger partial charge is 0.420 e. The van der Waals surface area contributed by atoms with E-state index in [-0.39, 0.29) is 22.2 Å². The molecule has 0 bridgehead atoms. The molecule has 1 heterocycles. The van der Waals surface area contributed by atoms with Gasteiger partial charge in [0.2, 0.25) is 9.26 Å². The summed E-state index contributed by atoms with van der Waals surface area (Å²) in [6.45, 7) is 10.2. The molecule has 1 unspecified atom stereocenters. The van der Waals surface area contributed by atoms with Crippen LogP contribution in [0.2, 0.25) is 5.02 Å². The van der Waals surface area contributed by atoms with Crippen LogP contribution < -0.4 is 10.2 Å². The van der Waals surface area contributed by atoms with Gasteiger partial charge in [0.25, 0.3) is 0 Å². The third-order valence-corrected chi connectivity index (χ3v) is 7.72. The van der Waals surface area contributed by atoms with E-state index in [1.165, 1.54) is 17.5 Å². The minimum atomic E-state index is -2.50. The molecule has 0 saturated carbocycles. The Morgan fingerprint density at radius 3 is 2.53 bits per heavy atom.